The molecule has 7 nitrogen and oxygen atoms in total. The molecule has 29 heavy (non-hydrogen) atoms. The monoisotopic (exact) mass is 399 g/mol. The molecule has 1 aromatic heterocycles. The number of benzene rings is 1. The van der Waals surface area contributed by atoms with Crippen LogP contribution in [0.4, 0.5) is 0 Å². The summed E-state index contributed by atoms with van der Waals surface area (Å²) in [6.07, 6.45) is 2.38. The van der Waals surface area contributed by atoms with E-state index in [-0.39, 0.29) is 11.3 Å². The average Bonchev–Trinajstić information content (AvgIpc) is 3.32. The molecule has 1 aliphatic rings. The predicted octanol–water partition coefficient (Wildman–Crippen LogP) is 1.63. The normalized spacial score (nSPS) is 18.6. The molecule has 2 N–H and O–H groups in total. The molecule has 0 unspecified atom stereocenters. The van der Waals surface area contributed by atoms with Gasteiger partial charge in [-0.05, 0) is 42.8 Å². The van der Waals surface area contributed by atoms with Crippen LogP contribution in [-0.2, 0) is 9.59 Å². The first-order chi connectivity index (χ1) is 13.9. The summed E-state index contributed by atoms with van der Waals surface area (Å²) in [5.41, 5.74) is 0.488. The number of aliphatic hydroxyl groups excluding tert-OH is 1. The smallest absolute Gasteiger partial charge is 0.295 e. The van der Waals surface area contributed by atoms with Crippen molar-refractivity contribution < 1.29 is 28.7 Å². The number of amides is 1. The molecule has 0 bridgehead atoms. The number of nitrogens with zero attached hydrogens (tertiary/aromatic N) is 1. The highest BCUT2D eigenvalue weighted by Crippen LogP contribution is 2.39. The first kappa shape index (κ1) is 20.7. The lowest BCUT2D eigenvalue weighted by Gasteiger charge is -2.23. The van der Waals surface area contributed by atoms with Gasteiger partial charge < -0.3 is 24.1 Å². The SMILES string of the molecule is CCCOc1ccc(C(O)=C2C(=O)C(=O)N(CC[NH+](C)C)[C@H]2c2ccco2)cc1. The first-order valence-electron chi connectivity index (χ1n) is 9.78. The number of carbonyl (C=O) groups excluding carboxylic acids is 2. The summed E-state index contributed by atoms with van der Waals surface area (Å²) in [6, 6.07) is 9.48. The van der Waals surface area contributed by atoms with Gasteiger partial charge in [0.1, 0.15) is 23.3 Å². The molecule has 0 radical (unpaired) electrons. The Labute approximate surface area is 170 Å². The first-order valence-corrected chi connectivity index (χ1v) is 9.78. The number of ketones is 1. The second-order valence-electron chi connectivity index (χ2n) is 7.34. The maximum atomic E-state index is 12.8. The molecular formula is C22H27N2O5+. The van der Waals surface area contributed by atoms with Gasteiger partial charge in [0.2, 0.25) is 0 Å². The van der Waals surface area contributed by atoms with Crippen molar-refractivity contribution in [3.63, 3.8) is 0 Å². The van der Waals surface area contributed by atoms with Gasteiger partial charge in [-0.15, -0.1) is 0 Å². The zero-order valence-electron chi connectivity index (χ0n) is 17.0. The maximum Gasteiger partial charge on any atom is 0.295 e. The van der Waals surface area contributed by atoms with Crippen LogP contribution in [0.15, 0.2) is 52.7 Å². The van der Waals surface area contributed by atoms with Crippen molar-refractivity contribution in [3.8, 4) is 5.75 Å². The number of Topliss-reactive ketones (excluding diaryl/α,β-unsaturated/α-hetero) is 1. The van der Waals surface area contributed by atoms with E-state index in [2.05, 4.69) is 0 Å². The highest BCUT2D eigenvalue weighted by atomic mass is 16.5. The van der Waals surface area contributed by atoms with Crippen molar-refractivity contribution in [2.24, 2.45) is 0 Å². The Balaban J connectivity index is 1.99. The number of furan rings is 1. The fourth-order valence-corrected chi connectivity index (χ4v) is 3.28. The number of likely N-dealkylation sites (N-methyl/N-ethyl adjacent to an activating group) is 1. The lowest BCUT2D eigenvalue weighted by Crippen LogP contribution is -3.06. The van der Waals surface area contributed by atoms with E-state index in [0.29, 0.717) is 36.8 Å². The molecule has 154 valence electrons. The highest BCUT2D eigenvalue weighted by Gasteiger charge is 2.47. The van der Waals surface area contributed by atoms with E-state index in [1.807, 2.05) is 21.0 Å². The van der Waals surface area contributed by atoms with E-state index >= 15 is 0 Å². The third-order valence-corrected chi connectivity index (χ3v) is 4.81. The van der Waals surface area contributed by atoms with Crippen molar-refractivity contribution in [1.29, 1.82) is 0 Å². The Morgan fingerprint density at radius 1 is 1.21 bits per heavy atom. The average molecular weight is 399 g/mol. The lowest BCUT2D eigenvalue weighted by molar-refractivity contribution is -0.857. The van der Waals surface area contributed by atoms with E-state index in [9.17, 15) is 14.7 Å². The zero-order chi connectivity index (χ0) is 21.0. The number of quaternary nitrogens is 1. The van der Waals surface area contributed by atoms with Crippen molar-refractivity contribution in [2.45, 2.75) is 19.4 Å². The van der Waals surface area contributed by atoms with E-state index in [1.165, 1.54) is 11.2 Å². The van der Waals surface area contributed by atoms with Gasteiger partial charge in [0.15, 0.2) is 0 Å². The van der Waals surface area contributed by atoms with Gasteiger partial charge in [-0.2, -0.15) is 0 Å². The van der Waals surface area contributed by atoms with E-state index in [4.69, 9.17) is 9.15 Å². The van der Waals surface area contributed by atoms with Crippen LogP contribution in [0, 0.1) is 0 Å². The number of hydrogen-bond acceptors (Lipinski definition) is 5. The summed E-state index contributed by atoms with van der Waals surface area (Å²) in [4.78, 5) is 28.1. The molecule has 2 heterocycles. The number of carbonyl (C=O) groups is 2. The van der Waals surface area contributed by atoms with Gasteiger partial charge in [-0.3, -0.25) is 9.59 Å². The molecule has 7 heteroatoms. The van der Waals surface area contributed by atoms with Crippen molar-refractivity contribution in [2.75, 3.05) is 33.8 Å². The quantitative estimate of drug-likeness (QED) is 0.401. The standard InChI is InChI=1S/C22H26N2O5/c1-4-13-28-16-9-7-15(8-10-16)20(25)18-19(17-6-5-14-29-17)24(12-11-23(2)3)22(27)21(18)26/h5-10,14,19,25H,4,11-13H2,1-3H3/p+1/t19-/m0/s1. The molecule has 1 amide bonds. The fraction of sp³-hybridized carbons (Fsp3) is 0.364. The summed E-state index contributed by atoms with van der Waals surface area (Å²) < 4.78 is 11.1. The number of ether oxygens (including phenoxy) is 1. The molecular weight excluding hydrogens is 372 g/mol. The molecule has 0 spiro atoms. The summed E-state index contributed by atoms with van der Waals surface area (Å²) >= 11 is 0. The van der Waals surface area contributed by atoms with Crippen LogP contribution in [0.1, 0.15) is 30.7 Å². The number of likely N-dealkylation sites (tertiary alicyclic amines) is 1. The van der Waals surface area contributed by atoms with Crippen LogP contribution in [-0.4, -0.2) is 55.5 Å². The Morgan fingerprint density at radius 2 is 1.93 bits per heavy atom. The van der Waals surface area contributed by atoms with Crippen LogP contribution >= 0.6 is 0 Å². The Bertz CT molecular complexity index is 884. The second kappa shape index (κ2) is 8.96. The maximum absolute atomic E-state index is 12.8. The molecule has 1 saturated heterocycles. The largest absolute Gasteiger partial charge is 0.507 e. The summed E-state index contributed by atoms with van der Waals surface area (Å²) in [5.74, 6) is -0.421. The number of nitrogens with one attached hydrogen (secondary N) is 1. The molecule has 1 fully saturated rings. The van der Waals surface area contributed by atoms with Crippen molar-refractivity contribution >= 4 is 17.4 Å². The van der Waals surface area contributed by atoms with Crippen LogP contribution in [0.5, 0.6) is 5.75 Å². The van der Waals surface area contributed by atoms with E-state index in [0.717, 1.165) is 11.3 Å². The molecule has 1 aliphatic heterocycles. The topological polar surface area (TPSA) is 84.4 Å². The van der Waals surface area contributed by atoms with Crippen molar-refractivity contribution in [1.82, 2.24) is 4.90 Å². The van der Waals surface area contributed by atoms with Gasteiger partial charge in [-0.25, -0.2) is 0 Å². The molecule has 0 saturated carbocycles. The zero-order valence-corrected chi connectivity index (χ0v) is 17.0. The van der Waals surface area contributed by atoms with Gasteiger partial charge in [0.05, 0.1) is 45.6 Å². The highest BCUT2D eigenvalue weighted by molar-refractivity contribution is 6.46. The van der Waals surface area contributed by atoms with Gasteiger partial charge in [0, 0.05) is 5.56 Å². The van der Waals surface area contributed by atoms with Crippen LogP contribution in [0.3, 0.4) is 0 Å². The molecule has 3 rings (SSSR count). The minimum atomic E-state index is -0.750. The molecule has 0 aliphatic carbocycles. The minimum absolute atomic E-state index is 0.0425. The number of aliphatic hydroxyl groups is 1. The predicted molar refractivity (Wildman–Crippen MR) is 108 cm³/mol. The van der Waals surface area contributed by atoms with E-state index < -0.39 is 17.7 Å². The van der Waals surface area contributed by atoms with Gasteiger partial charge in [-0.1, -0.05) is 6.92 Å². The van der Waals surface area contributed by atoms with Crippen molar-refractivity contribution in [3.05, 3.63) is 59.6 Å². The Hall–Kier alpha value is -3.06. The fourth-order valence-electron chi connectivity index (χ4n) is 3.28. The molecule has 1 aromatic carbocycles. The number of rotatable bonds is 8. The summed E-state index contributed by atoms with van der Waals surface area (Å²) in [7, 11) is 3.95. The van der Waals surface area contributed by atoms with Gasteiger partial charge in [0.25, 0.3) is 11.7 Å². The lowest BCUT2D eigenvalue weighted by atomic mass is 9.99. The second-order valence-corrected chi connectivity index (χ2v) is 7.34. The third kappa shape index (κ3) is 4.35. The Morgan fingerprint density at radius 3 is 2.52 bits per heavy atom. The van der Waals surface area contributed by atoms with Crippen LogP contribution in [0.2, 0.25) is 0 Å². The molecule has 2 aromatic rings. The summed E-state index contributed by atoms with van der Waals surface area (Å²) in [5, 5.41) is 10.9. The summed E-state index contributed by atoms with van der Waals surface area (Å²) in [6.45, 7) is 3.65. The minimum Gasteiger partial charge on any atom is -0.507 e. The third-order valence-electron chi connectivity index (χ3n) is 4.81. The number of hydrogen-bond donors (Lipinski definition) is 2. The molecule has 1 atom stereocenters. The van der Waals surface area contributed by atoms with Crippen LogP contribution < -0.4 is 9.64 Å². The van der Waals surface area contributed by atoms with Gasteiger partial charge >= 0.3 is 0 Å². The van der Waals surface area contributed by atoms with Crippen LogP contribution in [0.25, 0.3) is 5.76 Å². The Kier molecular flexibility index (Phi) is 6.39. The van der Waals surface area contributed by atoms with E-state index in [1.54, 1.807) is 36.4 Å².